The SMILES string of the molecule is CCc1ccc2cc3ccccc3c(OC(=O)C3CCCCC3C(=O)O)c2c1. The van der Waals surface area contributed by atoms with Crippen LogP contribution in [0.4, 0.5) is 0 Å². The molecule has 4 heteroatoms. The van der Waals surface area contributed by atoms with Gasteiger partial charge in [-0.1, -0.05) is 56.2 Å². The molecule has 0 bridgehead atoms. The van der Waals surface area contributed by atoms with Crippen molar-refractivity contribution in [1.82, 2.24) is 0 Å². The van der Waals surface area contributed by atoms with Gasteiger partial charge in [0.25, 0.3) is 0 Å². The van der Waals surface area contributed by atoms with E-state index in [0.29, 0.717) is 18.6 Å². The van der Waals surface area contributed by atoms with Crippen LogP contribution in [0.15, 0.2) is 48.5 Å². The Kier molecular flexibility index (Phi) is 5.03. The molecule has 0 aliphatic heterocycles. The first kappa shape index (κ1) is 18.5. The number of aryl methyl sites for hydroxylation is 1. The fourth-order valence-corrected chi connectivity index (χ4v) is 4.28. The molecule has 4 rings (SSSR count). The van der Waals surface area contributed by atoms with Gasteiger partial charge in [0.1, 0.15) is 5.75 Å². The number of ether oxygens (including phenoxy) is 1. The molecular weight excluding hydrogens is 352 g/mol. The van der Waals surface area contributed by atoms with Gasteiger partial charge < -0.3 is 9.84 Å². The summed E-state index contributed by atoms with van der Waals surface area (Å²) >= 11 is 0. The first-order valence-corrected chi connectivity index (χ1v) is 9.97. The lowest BCUT2D eigenvalue weighted by molar-refractivity contribution is -0.153. The van der Waals surface area contributed by atoms with Gasteiger partial charge in [-0.05, 0) is 47.7 Å². The molecule has 1 aliphatic carbocycles. The first-order chi connectivity index (χ1) is 13.6. The van der Waals surface area contributed by atoms with E-state index >= 15 is 0 Å². The van der Waals surface area contributed by atoms with Crippen LogP contribution < -0.4 is 4.74 Å². The number of benzene rings is 3. The van der Waals surface area contributed by atoms with E-state index in [9.17, 15) is 14.7 Å². The third kappa shape index (κ3) is 3.35. The van der Waals surface area contributed by atoms with Crippen LogP contribution in [0.3, 0.4) is 0 Å². The molecule has 0 spiro atoms. The normalized spacial score (nSPS) is 19.6. The second kappa shape index (κ2) is 7.63. The third-order valence-corrected chi connectivity index (χ3v) is 5.88. The maximum atomic E-state index is 13.0. The summed E-state index contributed by atoms with van der Waals surface area (Å²) in [6.45, 7) is 2.09. The lowest BCUT2D eigenvalue weighted by Crippen LogP contribution is -2.35. The minimum atomic E-state index is -0.905. The van der Waals surface area contributed by atoms with Gasteiger partial charge in [0.15, 0.2) is 0 Å². The molecule has 28 heavy (non-hydrogen) atoms. The highest BCUT2D eigenvalue weighted by Crippen LogP contribution is 2.38. The third-order valence-electron chi connectivity index (χ3n) is 5.88. The molecule has 1 saturated carbocycles. The van der Waals surface area contributed by atoms with Crippen LogP contribution in [0.25, 0.3) is 21.5 Å². The molecule has 0 radical (unpaired) electrons. The molecule has 2 unspecified atom stereocenters. The number of hydrogen-bond acceptors (Lipinski definition) is 3. The molecule has 0 amide bonds. The summed E-state index contributed by atoms with van der Waals surface area (Å²) in [7, 11) is 0. The van der Waals surface area contributed by atoms with Gasteiger partial charge in [0, 0.05) is 10.8 Å². The van der Waals surface area contributed by atoms with E-state index in [1.165, 1.54) is 5.56 Å². The predicted molar refractivity (Wildman–Crippen MR) is 110 cm³/mol. The number of carboxylic acids is 1. The van der Waals surface area contributed by atoms with Crippen LogP contribution in [-0.2, 0) is 16.0 Å². The zero-order chi connectivity index (χ0) is 19.7. The topological polar surface area (TPSA) is 63.6 Å². The van der Waals surface area contributed by atoms with E-state index in [1.54, 1.807) is 0 Å². The summed E-state index contributed by atoms with van der Waals surface area (Å²) in [6, 6.07) is 16.1. The minimum Gasteiger partial charge on any atom is -0.481 e. The highest BCUT2D eigenvalue weighted by molar-refractivity contribution is 6.06. The highest BCUT2D eigenvalue weighted by Gasteiger charge is 2.37. The monoisotopic (exact) mass is 376 g/mol. The number of carboxylic acid groups (broad SMARTS) is 1. The second-order valence-electron chi connectivity index (χ2n) is 7.59. The van der Waals surface area contributed by atoms with E-state index in [1.807, 2.05) is 24.3 Å². The van der Waals surface area contributed by atoms with Gasteiger partial charge in [-0.3, -0.25) is 9.59 Å². The fraction of sp³-hybridized carbons (Fsp3) is 0.333. The van der Waals surface area contributed by atoms with Gasteiger partial charge in [0.05, 0.1) is 11.8 Å². The van der Waals surface area contributed by atoms with Crippen molar-refractivity contribution in [3.05, 3.63) is 54.1 Å². The molecule has 4 nitrogen and oxygen atoms in total. The summed E-state index contributed by atoms with van der Waals surface area (Å²) in [4.78, 5) is 24.7. The van der Waals surface area contributed by atoms with Crippen molar-refractivity contribution in [2.75, 3.05) is 0 Å². The summed E-state index contributed by atoms with van der Waals surface area (Å²) in [6.07, 6.45) is 3.70. The van der Waals surface area contributed by atoms with Crippen molar-refractivity contribution in [3.8, 4) is 5.75 Å². The van der Waals surface area contributed by atoms with Gasteiger partial charge in [-0.15, -0.1) is 0 Å². The lowest BCUT2D eigenvalue weighted by atomic mass is 9.79. The average Bonchev–Trinajstić information content (AvgIpc) is 2.73. The van der Waals surface area contributed by atoms with Crippen LogP contribution in [-0.4, -0.2) is 17.0 Å². The first-order valence-electron chi connectivity index (χ1n) is 9.97. The number of rotatable bonds is 4. The van der Waals surface area contributed by atoms with Crippen molar-refractivity contribution < 1.29 is 19.4 Å². The number of fused-ring (bicyclic) bond motifs is 2. The number of aliphatic carboxylic acids is 1. The van der Waals surface area contributed by atoms with E-state index in [2.05, 4.69) is 31.2 Å². The van der Waals surface area contributed by atoms with Gasteiger partial charge >= 0.3 is 11.9 Å². The number of carbonyl (C=O) groups is 2. The van der Waals surface area contributed by atoms with Gasteiger partial charge in [-0.25, -0.2) is 0 Å². The second-order valence-corrected chi connectivity index (χ2v) is 7.59. The van der Waals surface area contributed by atoms with Crippen molar-refractivity contribution in [2.45, 2.75) is 39.0 Å². The van der Waals surface area contributed by atoms with E-state index in [-0.39, 0.29) is 0 Å². The van der Waals surface area contributed by atoms with Crippen LogP contribution >= 0.6 is 0 Å². The average molecular weight is 376 g/mol. The predicted octanol–water partition coefficient (Wildman–Crippen LogP) is 5.35. The summed E-state index contributed by atoms with van der Waals surface area (Å²) in [5.74, 6) is -2.03. The molecule has 3 aromatic carbocycles. The molecule has 1 aliphatic rings. The largest absolute Gasteiger partial charge is 0.481 e. The van der Waals surface area contributed by atoms with Crippen molar-refractivity contribution in [2.24, 2.45) is 11.8 Å². The molecule has 144 valence electrons. The number of hydrogen-bond donors (Lipinski definition) is 1. The Hall–Kier alpha value is -2.88. The summed E-state index contributed by atoms with van der Waals surface area (Å²) in [5.41, 5.74) is 1.17. The quantitative estimate of drug-likeness (QED) is 0.379. The molecule has 3 aromatic rings. The maximum absolute atomic E-state index is 13.0. The van der Waals surface area contributed by atoms with Crippen LogP contribution in [0.1, 0.15) is 38.2 Å². The Morgan fingerprint density at radius 1 is 0.964 bits per heavy atom. The Morgan fingerprint density at radius 2 is 1.68 bits per heavy atom. The van der Waals surface area contributed by atoms with Crippen LogP contribution in [0, 0.1) is 11.8 Å². The standard InChI is InChI=1S/C24H24O4/c1-2-15-11-12-17-14-16-7-3-4-8-18(16)22(21(17)13-15)28-24(27)20-10-6-5-9-19(20)23(25)26/h3-4,7-8,11-14,19-20H,2,5-6,9-10H2,1H3,(H,25,26). The lowest BCUT2D eigenvalue weighted by Gasteiger charge is -2.27. The molecule has 1 N–H and O–H groups in total. The Labute approximate surface area is 164 Å². The van der Waals surface area contributed by atoms with Crippen molar-refractivity contribution >= 4 is 33.5 Å². The van der Waals surface area contributed by atoms with Crippen LogP contribution in [0.2, 0.25) is 0 Å². The van der Waals surface area contributed by atoms with Gasteiger partial charge in [0.2, 0.25) is 0 Å². The number of esters is 1. The zero-order valence-corrected chi connectivity index (χ0v) is 16.0. The molecular formula is C24H24O4. The molecule has 0 saturated heterocycles. The smallest absolute Gasteiger partial charge is 0.315 e. The molecule has 2 atom stereocenters. The highest BCUT2D eigenvalue weighted by atomic mass is 16.5. The molecule has 0 aromatic heterocycles. The molecule has 0 heterocycles. The Morgan fingerprint density at radius 3 is 2.43 bits per heavy atom. The van der Waals surface area contributed by atoms with E-state index in [4.69, 9.17) is 4.74 Å². The summed E-state index contributed by atoms with van der Waals surface area (Å²) < 4.78 is 5.96. The molecule has 1 fully saturated rings. The maximum Gasteiger partial charge on any atom is 0.315 e. The van der Waals surface area contributed by atoms with Crippen molar-refractivity contribution in [3.63, 3.8) is 0 Å². The van der Waals surface area contributed by atoms with E-state index in [0.717, 1.165) is 40.8 Å². The number of carbonyl (C=O) groups excluding carboxylic acids is 1. The van der Waals surface area contributed by atoms with Crippen LogP contribution in [0.5, 0.6) is 5.75 Å². The Balaban J connectivity index is 1.81. The van der Waals surface area contributed by atoms with Gasteiger partial charge in [-0.2, -0.15) is 0 Å². The zero-order valence-electron chi connectivity index (χ0n) is 16.0. The summed E-state index contributed by atoms with van der Waals surface area (Å²) in [5, 5.41) is 13.3. The van der Waals surface area contributed by atoms with Crippen molar-refractivity contribution in [1.29, 1.82) is 0 Å². The Bertz CT molecular complexity index is 1050. The van der Waals surface area contributed by atoms with E-state index < -0.39 is 23.8 Å². The minimum absolute atomic E-state index is 0.424. The fourth-order valence-electron chi connectivity index (χ4n) is 4.28.